The number of fused-ring (bicyclic) bond motifs is 2. The van der Waals surface area contributed by atoms with Gasteiger partial charge in [-0.05, 0) is 42.2 Å². The molecule has 3 aromatic carbocycles. The molecule has 0 unspecified atom stereocenters. The normalized spacial score (nSPS) is 21.2. The third-order valence-electron chi connectivity index (χ3n) is 10.5. The third-order valence-corrected chi connectivity index (χ3v) is 10.5. The number of carbonyl (C=O) groups is 2. The second kappa shape index (κ2) is 15.2. The minimum absolute atomic E-state index is 0.00477. The predicted molar refractivity (Wildman–Crippen MR) is 204 cm³/mol. The van der Waals surface area contributed by atoms with Crippen molar-refractivity contribution < 1.29 is 19.8 Å². The lowest BCUT2D eigenvalue weighted by Gasteiger charge is -2.22. The molecule has 3 aromatic heterocycles. The summed E-state index contributed by atoms with van der Waals surface area (Å²) in [5, 5.41) is 31.8. The lowest BCUT2D eigenvalue weighted by Crippen LogP contribution is -2.42. The number of anilines is 2. The second-order valence-electron chi connectivity index (χ2n) is 13.9. The van der Waals surface area contributed by atoms with E-state index in [0.29, 0.717) is 66.5 Å². The van der Waals surface area contributed by atoms with Crippen molar-refractivity contribution in [1.82, 2.24) is 40.1 Å². The van der Waals surface area contributed by atoms with Gasteiger partial charge in [0.15, 0.2) is 17.0 Å². The van der Waals surface area contributed by atoms with Crippen LogP contribution in [0.3, 0.4) is 0 Å². The largest absolute Gasteiger partial charge is 0.388 e. The Labute approximate surface area is 311 Å². The minimum Gasteiger partial charge on any atom is -0.388 e. The molecule has 14 heteroatoms. The van der Waals surface area contributed by atoms with Crippen LogP contribution < -0.4 is 20.9 Å². The summed E-state index contributed by atoms with van der Waals surface area (Å²) in [6.07, 6.45) is 3.77. The van der Waals surface area contributed by atoms with Crippen LogP contribution in [0.25, 0.3) is 22.2 Å². The summed E-state index contributed by atoms with van der Waals surface area (Å²) >= 11 is 0. The molecule has 276 valence electrons. The lowest BCUT2D eigenvalue weighted by molar-refractivity contribution is -0.122. The Morgan fingerprint density at radius 3 is 2.31 bits per heavy atom. The van der Waals surface area contributed by atoms with Crippen molar-refractivity contribution in [3.8, 4) is 0 Å². The number of hydrogen-bond acceptors (Lipinski definition) is 11. The van der Waals surface area contributed by atoms with Crippen molar-refractivity contribution in [3.63, 3.8) is 0 Å². The topological polar surface area (TPSA) is 183 Å². The first-order valence-corrected chi connectivity index (χ1v) is 18.4. The minimum atomic E-state index is -1.16. The lowest BCUT2D eigenvalue weighted by atomic mass is 9.91. The summed E-state index contributed by atoms with van der Waals surface area (Å²) in [6, 6.07) is 24.5. The molecule has 0 radical (unpaired) electrons. The molecular formula is C40H42N10O4. The Balaban J connectivity index is 1.09. The standard InChI is InChI=1S/C40H42N10O4/c1-2-33(51)46-31-20-32(36(53)35(31)52)50-23-44-34-37(43-21-28(24-9-5-3-6-10-24)25-11-7-4-8-12-25)47-40(48-38(34)50)49-18-15-27(22-49)45-39(54)26-13-14-29-30(19-26)42-17-16-41-29/h3-14,16-17,19,23,27-28,31-32,35-36,52-53H,2,15,18,20-22H2,1H3,(H,45,54)(H,46,51)(H,43,47,48)/t27-,31+,32-,35-,36+/m1/s1. The van der Waals surface area contributed by atoms with Gasteiger partial charge in [0.05, 0.1) is 29.4 Å². The van der Waals surface area contributed by atoms with Crippen LogP contribution in [-0.2, 0) is 4.79 Å². The fourth-order valence-corrected chi connectivity index (χ4v) is 7.58. The van der Waals surface area contributed by atoms with Crippen LogP contribution in [0.2, 0.25) is 0 Å². The highest BCUT2D eigenvalue weighted by Crippen LogP contribution is 2.35. The van der Waals surface area contributed by atoms with E-state index in [0.717, 1.165) is 16.6 Å². The molecule has 8 rings (SSSR count). The van der Waals surface area contributed by atoms with Crippen molar-refractivity contribution in [2.24, 2.45) is 0 Å². The summed E-state index contributed by atoms with van der Waals surface area (Å²) in [4.78, 5) is 51.0. The first-order valence-electron chi connectivity index (χ1n) is 18.4. The predicted octanol–water partition coefficient (Wildman–Crippen LogP) is 3.58. The molecule has 14 nitrogen and oxygen atoms in total. The van der Waals surface area contributed by atoms with Gasteiger partial charge in [-0.1, -0.05) is 67.6 Å². The Hall–Kier alpha value is -5.99. The van der Waals surface area contributed by atoms with Crippen LogP contribution >= 0.6 is 0 Å². The van der Waals surface area contributed by atoms with Gasteiger partial charge in [-0.2, -0.15) is 9.97 Å². The van der Waals surface area contributed by atoms with E-state index in [1.807, 2.05) is 41.3 Å². The van der Waals surface area contributed by atoms with Crippen LogP contribution in [0.15, 0.2) is 97.6 Å². The molecule has 5 atom stereocenters. The Morgan fingerprint density at radius 1 is 0.870 bits per heavy atom. The Kier molecular flexibility index (Phi) is 9.85. The number of benzene rings is 3. The Bertz CT molecular complexity index is 2230. The zero-order chi connectivity index (χ0) is 37.2. The van der Waals surface area contributed by atoms with Gasteiger partial charge in [-0.3, -0.25) is 19.6 Å². The molecule has 0 bridgehead atoms. The quantitative estimate of drug-likeness (QED) is 0.132. The molecule has 54 heavy (non-hydrogen) atoms. The molecule has 1 aliphatic heterocycles. The zero-order valence-electron chi connectivity index (χ0n) is 29.8. The molecule has 0 spiro atoms. The first kappa shape index (κ1) is 35.1. The van der Waals surface area contributed by atoms with Crippen LogP contribution in [0.5, 0.6) is 0 Å². The molecule has 5 N–H and O–H groups in total. The molecule has 6 aromatic rings. The van der Waals surface area contributed by atoms with Crippen molar-refractivity contribution in [3.05, 3.63) is 114 Å². The summed E-state index contributed by atoms with van der Waals surface area (Å²) in [7, 11) is 0. The number of carbonyl (C=O) groups excluding carboxylic acids is 2. The van der Waals surface area contributed by atoms with Gasteiger partial charge in [-0.25, -0.2) is 4.98 Å². The van der Waals surface area contributed by atoms with E-state index in [1.54, 1.807) is 48.4 Å². The van der Waals surface area contributed by atoms with E-state index in [2.05, 4.69) is 50.2 Å². The molecule has 2 amide bonds. The van der Waals surface area contributed by atoms with Crippen molar-refractivity contribution >= 4 is 45.8 Å². The molecule has 2 aliphatic rings. The molecule has 4 heterocycles. The summed E-state index contributed by atoms with van der Waals surface area (Å²) in [5.41, 5.74) is 5.17. The van der Waals surface area contributed by atoms with Gasteiger partial charge in [0.2, 0.25) is 11.9 Å². The highest BCUT2D eigenvalue weighted by atomic mass is 16.3. The van der Waals surface area contributed by atoms with E-state index in [-0.39, 0.29) is 30.2 Å². The summed E-state index contributed by atoms with van der Waals surface area (Å²) in [6.45, 7) is 3.33. The van der Waals surface area contributed by atoms with Gasteiger partial charge < -0.3 is 35.6 Å². The van der Waals surface area contributed by atoms with E-state index >= 15 is 0 Å². The SMILES string of the molecule is CCC(=O)N[C@H]1C[C@@H](n2cnc3c(NCC(c4ccccc4)c4ccccc4)nc(N4CC[C@@H](NC(=O)c5ccc6nccnc6c5)C4)nc32)[C@H](O)[C@@H]1O. The average Bonchev–Trinajstić information content (AvgIpc) is 3.93. The number of nitrogens with zero attached hydrogens (tertiary/aromatic N) is 7. The highest BCUT2D eigenvalue weighted by molar-refractivity contribution is 5.97. The number of aromatic nitrogens is 6. The van der Waals surface area contributed by atoms with Crippen LogP contribution in [0.1, 0.15) is 59.6 Å². The molecule has 2 fully saturated rings. The maximum absolute atomic E-state index is 13.3. The number of rotatable bonds is 11. The first-order chi connectivity index (χ1) is 26.4. The number of aliphatic hydroxyl groups excluding tert-OH is 2. The van der Waals surface area contributed by atoms with Crippen LogP contribution in [0, 0.1) is 0 Å². The maximum Gasteiger partial charge on any atom is 0.251 e. The summed E-state index contributed by atoms with van der Waals surface area (Å²) in [5.74, 6) is 0.584. The molecule has 1 aliphatic carbocycles. The van der Waals surface area contributed by atoms with Crippen molar-refractivity contribution in [2.45, 2.75) is 62.4 Å². The number of aliphatic hydroxyl groups is 2. The van der Waals surface area contributed by atoms with E-state index < -0.39 is 24.3 Å². The number of hydrogen-bond donors (Lipinski definition) is 5. The van der Waals surface area contributed by atoms with Crippen LogP contribution in [0.4, 0.5) is 11.8 Å². The van der Waals surface area contributed by atoms with E-state index in [4.69, 9.17) is 15.0 Å². The van der Waals surface area contributed by atoms with E-state index in [1.165, 1.54) is 0 Å². The number of amides is 2. The molecular weight excluding hydrogens is 685 g/mol. The second-order valence-corrected chi connectivity index (χ2v) is 13.9. The van der Waals surface area contributed by atoms with Gasteiger partial charge >= 0.3 is 0 Å². The summed E-state index contributed by atoms with van der Waals surface area (Å²) < 4.78 is 1.78. The maximum atomic E-state index is 13.3. The number of nitrogens with one attached hydrogen (secondary N) is 3. The van der Waals surface area contributed by atoms with Gasteiger partial charge in [0.1, 0.15) is 12.2 Å². The number of imidazole rings is 1. The highest BCUT2D eigenvalue weighted by Gasteiger charge is 2.44. The van der Waals surface area contributed by atoms with Gasteiger partial charge in [0, 0.05) is 56.0 Å². The van der Waals surface area contributed by atoms with Crippen LogP contribution in [-0.4, -0.2) is 95.4 Å². The molecule has 1 saturated carbocycles. The van der Waals surface area contributed by atoms with Gasteiger partial charge in [0.25, 0.3) is 5.91 Å². The van der Waals surface area contributed by atoms with Gasteiger partial charge in [-0.15, -0.1) is 0 Å². The monoisotopic (exact) mass is 726 g/mol. The fraction of sp³-hybridized carbons (Fsp3) is 0.325. The Morgan fingerprint density at radius 2 is 1.59 bits per heavy atom. The third kappa shape index (κ3) is 7.05. The molecule has 1 saturated heterocycles. The fourth-order valence-electron chi connectivity index (χ4n) is 7.58. The average molecular weight is 727 g/mol. The van der Waals surface area contributed by atoms with E-state index in [9.17, 15) is 19.8 Å². The van der Waals surface area contributed by atoms with Crippen molar-refractivity contribution in [2.75, 3.05) is 29.9 Å². The smallest absolute Gasteiger partial charge is 0.251 e. The van der Waals surface area contributed by atoms with Crippen molar-refractivity contribution in [1.29, 1.82) is 0 Å². The zero-order valence-corrected chi connectivity index (χ0v) is 29.8.